The van der Waals surface area contributed by atoms with Crippen LogP contribution in [0.3, 0.4) is 0 Å². The van der Waals surface area contributed by atoms with Crippen molar-refractivity contribution in [2.24, 2.45) is 0 Å². The molecule has 1 heterocycles. The van der Waals surface area contributed by atoms with Gasteiger partial charge < -0.3 is 5.32 Å². The summed E-state index contributed by atoms with van der Waals surface area (Å²) in [7, 11) is 0. The standard InChI is InChI=1S/C17H12BrCl2N3O/c18-14-5-2-1-4-12(14)17(24)22-11-8-21-23(9-11)10-13-15(19)6-3-7-16(13)20/h1-9H,10H2,(H,22,24). The van der Waals surface area contributed by atoms with E-state index in [9.17, 15) is 4.79 Å². The number of carbonyl (C=O) groups is 1. The van der Waals surface area contributed by atoms with Crippen molar-refractivity contribution in [3.05, 3.63) is 80.5 Å². The van der Waals surface area contributed by atoms with Crippen LogP contribution < -0.4 is 5.32 Å². The number of amides is 1. The van der Waals surface area contributed by atoms with Crippen LogP contribution in [0.25, 0.3) is 0 Å². The quantitative estimate of drug-likeness (QED) is 0.621. The van der Waals surface area contributed by atoms with E-state index < -0.39 is 0 Å². The number of hydrogen-bond acceptors (Lipinski definition) is 2. The van der Waals surface area contributed by atoms with Crippen LogP contribution in [0, 0.1) is 0 Å². The molecule has 0 fully saturated rings. The molecule has 0 saturated heterocycles. The molecular formula is C17H12BrCl2N3O. The molecule has 0 spiro atoms. The van der Waals surface area contributed by atoms with Crippen LogP contribution in [0.15, 0.2) is 59.3 Å². The van der Waals surface area contributed by atoms with Crippen molar-refractivity contribution < 1.29 is 4.79 Å². The van der Waals surface area contributed by atoms with Crippen LogP contribution in [0.4, 0.5) is 5.69 Å². The SMILES string of the molecule is O=C(Nc1cnn(Cc2c(Cl)cccc2Cl)c1)c1ccccc1Br. The molecule has 7 heteroatoms. The monoisotopic (exact) mass is 423 g/mol. The number of halogens is 3. The van der Waals surface area contributed by atoms with Gasteiger partial charge in [-0.25, -0.2) is 0 Å². The van der Waals surface area contributed by atoms with Gasteiger partial charge in [-0.05, 0) is 40.2 Å². The normalized spacial score (nSPS) is 10.6. The van der Waals surface area contributed by atoms with Crippen molar-refractivity contribution in [1.29, 1.82) is 0 Å². The number of anilines is 1. The summed E-state index contributed by atoms with van der Waals surface area (Å²) in [4.78, 5) is 12.3. The van der Waals surface area contributed by atoms with E-state index in [0.717, 1.165) is 10.0 Å². The van der Waals surface area contributed by atoms with E-state index in [4.69, 9.17) is 23.2 Å². The predicted molar refractivity (Wildman–Crippen MR) is 99.9 cm³/mol. The Morgan fingerprint density at radius 3 is 2.54 bits per heavy atom. The molecule has 0 saturated carbocycles. The smallest absolute Gasteiger partial charge is 0.256 e. The van der Waals surface area contributed by atoms with Crippen LogP contribution in [0.1, 0.15) is 15.9 Å². The van der Waals surface area contributed by atoms with Gasteiger partial charge in [0.15, 0.2) is 0 Å². The number of nitrogens with one attached hydrogen (secondary N) is 1. The van der Waals surface area contributed by atoms with Crippen LogP contribution in [-0.2, 0) is 6.54 Å². The van der Waals surface area contributed by atoms with Gasteiger partial charge >= 0.3 is 0 Å². The van der Waals surface area contributed by atoms with Gasteiger partial charge in [0, 0.05) is 26.3 Å². The minimum Gasteiger partial charge on any atom is -0.319 e. The second-order valence-corrected chi connectivity index (χ2v) is 6.73. The Hall–Kier alpha value is -1.82. The van der Waals surface area contributed by atoms with Crippen molar-refractivity contribution in [1.82, 2.24) is 9.78 Å². The van der Waals surface area contributed by atoms with Crippen LogP contribution in [0.2, 0.25) is 10.0 Å². The Bertz CT molecular complexity index is 875. The third-order valence-electron chi connectivity index (χ3n) is 3.39. The lowest BCUT2D eigenvalue weighted by molar-refractivity contribution is 0.102. The van der Waals surface area contributed by atoms with Crippen molar-refractivity contribution >= 4 is 50.7 Å². The zero-order valence-electron chi connectivity index (χ0n) is 12.3. The number of nitrogens with zero attached hydrogens (tertiary/aromatic N) is 2. The molecule has 122 valence electrons. The zero-order chi connectivity index (χ0) is 17.1. The lowest BCUT2D eigenvalue weighted by Gasteiger charge is -2.07. The van der Waals surface area contributed by atoms with Gasteiger partial charge in [-0.15, -0.1) is 0 Å². The Balaban J connectivity index is 1.74. The molecule has 0 bridgehead atoms. The third-order valence-corrected chi connectivity index (χ3v) is 4.79. The fraction of sp³-hybridized carbons (Fsp3) is 0.0588. The van der Waals surface area contributed by atoms with Crippen molar-refractivity contribution in [2.45, 2.75) is 6.54 Å². The molecule has 24 heavy (non-hydrogen) atoms. The summed E-state index contributed by atoms with van der Waals surface area (Å²) in [5.74, 6) is -0.210. The largest absolute Gasteiger partial charge is 0.319 e. The van der Waals surface area contributed by atoms with Crippen molar-refractivity contribution in [3.8, 4) is 0 Å². The highest BCUT2D eigenvalue weighted by Gasteiger charge is 2.11. The Kier molecular flexibility index (Phi) is 5.23. The molecule has 0 atom stereocenters. The van der Waals surface area contributed by atoms with E-state index in [2.05, 4.69) is 26.3 Å². The van der Waals surface area contributed by atoms with Gasteiger partial charge in [-0.2, -0.15) is 5.10 Å². The lowest BCUT2D eigenvalue weighted by Crippen LogP contribution is -2.12. The van der Waals surface area contributed by atoms with E-state index >= 15 is 0 Å². The van der Waals surface area contributed by atoms with Gasteiger partial charge in [0.25, 0.3) is 5.91 Å². The highest BCUT2D eigenvalue weighted by molar-refractivity contribution is 9.10. The van der Waals surface area contributed by atoms with E-state index in [-0.39, 0.29) is 5.91 Å². The minimum absolute atomic E-state index is 0.210. The van der Waals surface area contributed by atoms with Gasteiger partial charge in [-0.1, -0.05) is 41.4 Å². The van der Waals surface area contributed by atoms with Gasteiger partial charge in [0.1, 0.15) is 0 Å². The Morgan fingerprint density at radius 1 is 1.12 bits per heavy atom. The maximum atomic E-state index is 12.3. The highest BCUT2D eigenvalue weighted by atomic mass is 79.9. The molecule has 0 unspecified atom stereocenters. The molecule has 0 aliphatic rings. The summed E-state index contributed by atoms with van der Waals surface area (Å²) < 4.78 is 2.40. The summed E-state index contributed by atoms with van der Waals surface area (Å²) in [6, 6.07) is 12.6. The van der Waals surface area contributed by atoms with E-state index in [1.165, 1.54) is 0 Å². The fourth-order valence-corrected chi connectivity index (χ4v) is 3.19. The molecule has 0 radical (unpaired) electrons. The zero-order valence-corrected chi connectivity index (χ0v) is 15.4. The first-order chi connectivity index (χ1) is 11.5. The number of carbonyl (C=O) groups excluding carboxylic acids is 1. The predicted octanol–water partition coefficient (Wildman–Crippen LogP) is 5.25. The number of aromatic nitrogens is 2. The first-order valence-corrected chi connectivity index (χ1v) is 8.60. The fourth-order valence-electron chi connectivity index (χ4n) is 2.20. The average Bonchev–Trinajstić information content (AvgIpc) is 2.98. The number of benzene rings is 2. The summed E-state index contributed by atoms with van der Waals surface area (Å²) in [6.45, 7) is 0.420. The molecule has 3 aromatic rings. The van der Waals surface area contributed by atoms with E-state index in [1.54, 1.807) is 41.3 Å². The molecule has 4 nitrogen and oxygen atoms in total. The van der Waals surface area contributed by atoms with Gasteiger partial charge in [0.2, 0.25) is 0 Å². The molecular weight excluding hydrogens is 413 g/mol. The first-order valence-electron chi connectivity index (χ1n) is 7.06. The summed E-state index contributed by atoms with van der Waals surface area (Å²) in [5.41, 5.74) is 1.94. The number of rotatable bonds is 4. The minimum atomic E-state index is -0.210. The first kappa shape index (κ1) is 17.0. The lowest BCUT2D eigenvalue weighted by atomic mass is 10.2. The van der Waals surface area contributed by atoms with E-state index in [0.29, 0.717) is 27.8 Å². The summed E-state index contributed by atoms with van der Waals surface area (Å²) >= 11 is 15.7. The molecule has 1 N–H and O–H groups in total. The molecule has 0 aliphatic carbocycles. The topological polar surface area (TPSA) is 46.9 Å². The molecule has 1 aromatic heterocycles. The molecule has 1 amide bonds. The maximum Gasteiger partial charge on any atom is 0.256 e. The Morgan fingerprint density at radius 2 is 1.83 bits per heavy atom. The molecule has 3 rings (SSSR count). The van der Waals surface area contributed by atoms with E-state index in [1.807, 2.05) is 18.2 Å². The molecule has 0 aliphatic heterocycles. The number of hydrogen-bond donors (Lipinski definition) is 1. The molecule has 2 aromatic carbocycles. The summed E-state index contributed by atoms with van der Waals surface area (Å²) in [5, 5.41) is 8.21. The second-order valence-electron chi connectivity index (χ2n) is 5.06. The van der Waals surface area contributed by atoms with Crippen molar-refractivity contribution in [2.75, 3.05) is 5.32 Å². The van der Waals surface area contributed by atoms with Gasteiger partial charge in [-0.3, -0.25) is 9.48 Å². The van der Waals surface area contributed by atoms with Crippen LogP contribution in [0.5, 0.6) is 0 Å². The second kappa shape index (κ2) is 7.38. The maximum absolute atomic E-state index is 12.3. The average molecular weight is 425 g/mol. The summed E-state index contributed by atoms with van der Waals surface area (Å²) in [6.07, 6.45) is 3.31. The highest BCUT2D eigenvalue weighted by Crippen LogP contribution is 2.25. The van der Waals surface area contributed by atoms with Crippen molar-refractivity contribution in [3.63, 3.8) is 0 Å². The third kappa shape index (κ3) is 3.80. The van der Waals surface area contributed by atoms with Crippen LogP contribution in [-0.4, -0.2) is 15.7 Å². The van der Waals surface area contributed by atoms with Gasteiger partial charge in [0.05, 0.1) is 24.0 Å². The van der Waals surface area contributed by atoms with Crippen LogP contribution >= 0.6 is 39.1 Å². The Labute approximate surface area is 157 Å².